The number of benzene rings is 4. The Balaban J connectivity index is 1.40. The number of ketones is 1. The number of hydrogen-bond donors (Lipinski definition) is 1. The normalized spacial score (nSPS) is 17.4. The number of thiazole rings is 1. The van der Waals surface area contributed by atoms with E-state index in [-0.39, 0.29) is 11.3 Å². The van der Waals surface area contributed by atoms with Gasteiger partial charge in [-0.15, -0.1) is 0 Å². The SMILES string of the molecule is Cc1cc(C)c2nc(N3C(=O)C(=O)C(=C(O)c4ccc5c(c4)OCCO5)[C@@H]3c3cccc(Oc4ccccc4)c3)sc2c1. The van der Waals surface area contributed by atoms with Crippen molar-refractivity contribution in [3.05, 3.63) is 113 Å². The van der Waals surface area contributed by atoms with E-state index in [1.54, 1.807) is 42.5 Å². The van der Waals surface area contributed by atoms with Gasteiger partial charge in [0.25, 0.3) is 5.78 Å². The summed E-state index contributed by atoms with van der Waals surface area (Å²) in [4.78, 5) is 33.8. The molecule has 8 nitrogen and oxygen atoms in total. The molecule has 43 heavy (non-hydrogen) atoms. The van der Waals surface area contributed by atoms with Gasteiger partial charge in [0.05, 0.1) is 21.8 Å². The number of aryl methyl sites for hydroxylation is 2. The zero-order chi connectivity index (χ0) is 29.7. The predicted molar refractivity (Wildman–Crippen MR) is 164 cm³/mol. The van der Waals surface area contributed by atoms with Crippen LogP contribution in [0.2, 0.25) is 0 Å². The number of aliphatic hydroxyl groups excluding tert-OH is 1. The molecule has 1 aromatic heterocycles. The number of nitrogens with zero attached hydrogens (tertiary/aromatic N) is 2. The molecule has 4 aromatic carbocycles. The highest BCUT2D eigenvalue weighted by molar-refractivity contribution is 7.22. The molecule has 0 saturated carbocycles. The minimum Gasteiger partial charge on any atom is -0.507 e. The molecule has 1 saturated heterocycles. The first-order chi connectivity index (χ1) is 20.9. The van der Waals surface area contributed by atoms with E-state index in [9.17, 15) is 14.7 Å². The number of fused-ring (bicyclic) bond motifs is 2. The first kappa shape index (κ1) is 26.7. The Labute approximate surface area is 251 Å². The van der Waals surface area contributed by atoms with Crippen molar-refractivity contribution in [3.63, 3.8) is 0 Å². The Kier molecular flexibility index (Phi) is 6.59. The summed E-state index contributed by atoms with van der Waals surface area (Å²) in [6.45, 7) is 4.76. The van der Waals surface area contributed by atoms with Crippen LogP contribution in [0, 0.1) is 13.8 Å². The van der Waals surface area contributed by atoms with Gasteiger partial charge in [0.2, 0.25) is 0 Å². The van der Waals surface area contributed by atoms with Crippen molar-refractivity contribution in [2.45, 2.75) is 19.9 Å². The summed E-state index contributed by atoms with van der Waals surface area (Å²) >= 11 is 1.33. The van der Waals surface area contributed by atoms with Crippen molar-refractivity contribution in [3.8, 4) is 23.0 Å². The predicted octanol–water partition coefficient (Wildman–Crippen LogP) is 7.10. The summed E-state index contributed by atoms with van der Waals surface area (Å²) in [6, 6.07) is 24.5. The lowest BCUT2D eigenvalue weighted by molar-refractivity contribution is -0.132. The van der Waals surface area contributed by atoms with Gasteiger partial charge < -0.3 is 19.3 Å². The van der Waals surface area contributed by atoms with Crippen molar-refractivity contribution < 1.29 is 28.9 Å². The van der Waals surface area contributed by atoms with Gasteiger partial charge in [-0.25, -0.2) is 4.98 Å². The number of anilines is 1. The molecule has 2 aliphatic heterocycles. The zero-order valence-electron chi connectivity index (χ0n) is 23.4. The Morgan fingerprint density at radius 3 is 2.49 bits per heavy atom. The number of rotatable bonds is 5. The molecule has 3 heterocycles. The van der Waals surface area contributed by atoms with Gasteiger partial charge >= 0.3 is 5.91 Å². The number of Topliss-reactive ketones (excluding diaryl/α,β-unsaturated/α-hetero) is 1. The Bertz CT molecular complexity index is 1950. The molecule has 5 aromatic rings. The van der Waals surface area contributed by atoms with E-state index in [0.29, 0.717) is 52.5 Å². The number of aromatic nitrogens is 1. The van der Waals surface area contributed by atoms with Gasteiger partial charge in [0.15, 0.2) is 16.6 Å². The fraction of sp³-hybridized carbons (Fsp3) is 0.147. The number of ether oxygens (including phenoxy) is 3. The molecule has 1 amide bonds. The van der Waals surface area contributed by atoms with Gasteiger partial charge in [-0.05, 0) is 79.1 Å². The lowest BCUT2D eigenvalue weighted by atomic mass is 9.95. The molecule has 0 radical (unpaired) electrons. The van der Waals surface area contributed by atoms with Crippen molar-refractivity contribution in [1.82, 2.24) is 4.98 Å². The lowest BCUT2D eigenvalue weighted by Gasteiger charge is -2.23. The maximum Gasteiger partial charge on any atom is 0.301 e. The molecule has 2 aliphatic rings. The molecule has 0 bridgehead atoms. The largest absolute Gasteiger partial charge is 0.507 e. The van der Waals surface area contributed by atoms with Crippen molar-refractivity contribution in [2.75, 3.05) is 18.1 Å². The zero-order valence-corrected chi connectivity index (χ0v) is 24.2. The van der Waals surface area contributed by atoms with E-state index in [1.807, 2.05) is 56.3 Å². The number of para-hydroxylation sites is 1. The van der Waals surface area contributed by atoms with Gasteiger partial charge in [0, 0.05) is 5.56 Å². The van der Waals surface area contributed by atoms with Crippen LogP contribution in [-0.4, -0.2) is 35.0 Å². The van der Waals surface area contributed by atoms with Gasteiger partial charge in [-0.2, -0.15) is 0 Å². The van der Waals surface area contributed by atoms with E-state index in [4.69, 9.17) is 19.2 Å². The van der Waals surface area contributed by atoms with Crippen LogP contribution in [-0.2, 0) is 9.59 Å². The second-order valence-corrected chi connectivity index (χ2v) is 11.4. The van der Waals surface area contributed by atoms with Crippen LogP contribution in [0.15, 0.2) is 90.5 Å². The Morgan fingerprint density at radius 2 is 1.67 bits per heavy atom. The van der Waals surface area contributed by atoms with E-state index >= 15 is 0 Å². The summed E-state index contributed by atoms with van der Waals surface area (Å²) in [5.74, 6) is 0.268. The third-order valence-corrected chi connectivity index (χ3v) is 8.44. The molecular formula is C34H26N2O6S. The minimum absolute atomic E-state index is 0.0503. The fourth-order valence-electron chi connectivity index (χ4n) is 5.53. The van der Waals surface area contributed by atoms with Crippen LogP contribution in [0.3, 0.4) is 0 Å². The van der Waals surface area contributed by atoms with Crippen molar-refractivity contribution in [1.29, 1.82) is 0 Å². The summed E-state index contributed by atoms with van der Waals surface area (Å²) in [5.41, 5.74) is 3.67. The van der Waals surface area contributed by atoms with Crippen LogP contribution in [0.5, 0.6) is 23.0 Å². The standard InChI is InChI=1S/C34H26N2O6S/c1-19-15-20(2)29-27(16-19)43-34(35-29)36-30(21-7-6-10-24(17-21)42-23-8-4-3-5-9-23)28(32(38)33(36)39)31(37)22-11-12-25-26(18-22)41-14-13-40-25/h3-12,15-18,30,37H,13-14H2,1-2H3/t30-/m0/s1. The maximum atomic E-state index is 13.8. The van der Waals surface area contributed by atoms with E-state index < -0.39 is 17.7 Å². The third kappa shape index (κ3) is 4.77. The summed E-state index contributed by atoms with van der Waals surface area (Å²) in [5, 5.41) is 12.0. The van der Waals surface area contributed by atoms with Crippen molar-refractivity contribution >= 4 is 44.1 Å². The summed E-state index contributed by atoms with van der Waals surface area (Å²) in [6.07, 6.45) is 0. The molecule has 1 N–H and O–H groups in total. The van der Waals surface area contributed by atoms with E-state index in [0.717, 1.165) is 21.3 Å². The van der Waals surface area contributed by atoms with E-state index in [1.165, 1.54) is 16.2 Å². The van der Waals surface area contributed by atoms with Crippen LogP contribution in [0.1, 0.15) is 28.3 Å². The van der Waals surface area contributed by atoms with Gasteiger partial charge in [0.1, 0.15) is 30.5 Å². The van der Waals surface area contributed by atoms with Crippen molar-refractivity contribution in [2.24, 2.45) is 0 Å². The Hall–Kier alpha value is -5.15. The smallest absolute Gasteiger partial charge is 0.301 e. The van der Waals surface area contributed by atoms with Crippen LogP contribution >= 0.6 is 11.3 Å². The molecule has 1 atom stereocenters. The Morgan fingerprint density at radius 1 is 0.907 bits per heavy atom. The number of aliphatic hydroxyl groups is 1. The third-order valence-electron chi connectivity index (χ3n) is 7.44. The monoisotopic (exact) mass is 590 g/mol. The molecule has 1 fully saturated rings. The quantitative estimate of drug-likeness (QED) is 0.132. The van der Waals surface area contributed by atoms with Crippen LogP contribution in [0.4, 0.5) is 5.13 Å². The lowest BCUT2D eigenvalue weighted by Crippen LogP contribution is -2.29. The second-order valence-electron chi connectivity index (χ2n) is 10.4. The number of carbonyl (C=O) groups is 2. The molecule has 0 unspecified atom stereocenters. The first-order valence-electron chi connectivity index (χ1n) is 13.8. The molecule has 9 heteroatoms. The number of hydrogen-bond acceptors (Lipinski definition) is 8. The number of amides is 1. The highest BCUT2D eigenvalue weighted by Crippen LogP contribution is 2.46. The number of carbonyl (C=O) groups excluding carboxylic acids is 2. The highest BCUT2D eigenvalue weighted by Gasteiger charge is 2.48. The van der Waals surface area contributed by atoms with E-state index in [2.05, 4.69) is 0 Å². The van der Waals surface area contributed by atoms with Crippen LogP contribution < -0.4 is 19.1 Å². The minimum atomic E-state index is -0.963. The molecule has 7 rings (SSSR count). The summed E-state index contributed by atoms with van der Waals surface area (Å²) < 4.78 is 18.3. The first-order valence-corrected chi connectivity index (χ1v) is 14.6. The highest BCUT2D eigenvalue weighted by atomic mass is 32.1. The average molecular weight is 591 g/mol. The fourth-order valence-corrected chi connectivity index (χ4v) is 6.69. The van der Waals surface area contributed by atoms with Gasteiger partial charge in [-0.1, -0.05) is 47.7 Å². The molecular weight excluding hydrogens is 564 g/mol. The summed E-state index contributed by atoms with van der Waals surface area (Å²) in [7, 11) is 0. The van der Waals surface area contributed by atoms with Gasteiger partial charge in [-0.3, -0.25) is 14.5 Å². The molecule has 214 valence electrons. The maximum absolute atomic E-state index is 13.8. The topological polar surface area (TPSA) is 98.2 Å². The molecule has 0 spiro atoms. The second kappa shape index (κ2) is 10.6. The molecule has 0 aliphatic carbocycles. The average Bonchev–Trinajstić information content (AvgIpc) is 3.55. The van der Waals surface area contributed by atoms with Crippen LogP contribution in [0.25, 0.3) is 16.0 Å².